The standard InChI is InChI=1S/C14H22N2O2S.ClH/c1-10-5-6-11(15)9-12(10)13(17)16-7-8-19(18)14(2,3)4;/h5-6,9H,7-8,15H2,1-4H3,(H,16,17);1H. The van der Waals surface area contributed by atoms with Crippen molar-refractivity contribution in [3.05, 3.63) is 29.3 Å². The van der Waals surface area contributed by atoms with Gasteiger partial charge in [-0.2, -0.15) is 0 Å². The van der Waals surface area contributed by atoms with E-state index in [2.05, 4.69) is 5.32 Å². The van der Waals surface area contributed by atoms with Crippen LogP contribution in [-0.4, -0.2) is 27.2 Å². The minimum Gasteiger partial charge on any atom is -0.399 e. The van der Waals surface area contributed by atoms with Crippen LogP contribution in [0.5, 0.6) is 0 Å². The summed E-state index contributed by atoms with van der Waals surface area (Å²) in [5, 5.41) is 2.78. The molecule has 1 aromatic rings. The minimum atomic E-state index is -0.959. The van der Waals surface area contributed by atoms with Gasteiger partial charge in [-0.3, -0.25) is 9.00 Å². The molecule has 0 aliphatic carbocycles. The zero-order valence-electron chi connectivity index (χ0n) is 12.4. The maximum atomic E-state index is 12.0. The van der Waals surface area contributed by atoms with Crippen LogP contribution in [0.2, 0.25) is 0 Å². The van der Waals surface area contributed by atoms with Crippen molar-refractivity contribution in [1.29, 1.82) is 0 Å². The molecule has 0 fully saturated rings. The second-order valence-corrected chi connectivity index (χ2v) is 7.82. The molecule has 1 unspecified atom stereocenters. The number of nitrogens with two attached hydrogens (primary N) is 1. The summed E-state index contributed by atoms with van der Waals surface area (Å²) in [5.74, 6) is 0.284. The van der Waals surface area contributed by atoms with E-state index in [0.29, 0.717) is 23.5 Å². The summed E-state index contributed by atoms with van der Waals surface area (Å²) < 4.78 is 11.6. The van der Waals surface area contributed by atoms with E-state index in [1.165, 1.54) is 0 Å². The topological polar surface area (TPSA) is 72.2 Å². The first-order chi connectivity index (χ1) is 8.71. The predicted octanol–water partition coefficient (Wildman–Crippen LogP) is 2.28. The number of amides is 1. The average Bonchev–Trinajstić information content (AvgIpc) is 2.30. The van der Waals surface area contributed by atoms with E-state index in [1.54, 1.807) is 12.1 Å². The highest BCUT2D eigenvalue weighted by molar-refractivity contribution is 7.86. The van der Waals surface area contributed by atoms with Gasteiger partial charge < -0.3 is 11.1 Å². The molecule has 0 heterocycles. The van der Waals surface area contributed by atoms with Gasteiger partial charge in [0, 0.05) is 39.1 Å². The molecule has 1 amide bonds. The Morgan fingerprint density at radius 2 is 1.95 bits per heavy atom. The Bertz CT molecular complexity index is 498. The van der Waals surface area contributed by atoms with Gasteiger partial charge in [0.05, 0.1) is 0 Å². The number of nitrogens with one attached hydrogen (secondary N) is 1. The van der Waals surface area contributed by atoms with Crippen LogP contribution in [0.4, 0.5) is 5.69 Å². The Morgan fingerprint density at radius 3 is 2.50 bits per heavy atom. The number of anilines is 1. The van der Waals surface area contributed by atoms with E-state index in [4.69, 9.17) is 5.73 Å². The highest BCUT2D eigenvalue weighted by Crippen LogP contribution is 2.13. The highest BCUT2D eigenvalue weighted by atomic mass is 35.5. The second-order valence-electron chi connectivity index (χ2n) is 5.49. The van der Waals surface area contributed by atoms with Gasteiger partial charge in [-0.15, -0.1) is 12.4 Å². The lowest BCUT2D eigenvalue weighted by Crippen LogP contribution is -2.33. The number of carbonyl (C=O) groups excluding carboxylic acids is 1. The molecule has 1 atom stereocenters. The first-order valence-corrected chi connectivity index (χ1v) is 7.56. The molecule has 0 spiro atoms. The summed E-state index contributed by atoms with van der Waals surface area (Å²) in [6.07, 6.45) is 0. The number of benzene rings is 1. The fourth-order valence-electron chi connectivity index (χ4n) is 1.54. The van der Waals surface area contributed by atoms with E-state index in [9.17, 15) is 9.00 Å². The predicted molar refractivity (Wildman–Crippen MR) is 87.9 cm³/mol. The molecular formula is C14H23ClN2O2S. The van der Waals surface area contributed by atoms with Crippen LogP contribution in [0, 0.1) is 6.92 Å². The van der Waals surface area contributed by atoms with E-state index >= 15 is 0 Å². The molecule has 0 radical (unpaired) electrons. The van der Waals surface area contributed by atoms with Crippen LogP contribution in [-0.2, 0) is 10.8 Å². The molecular weight excluding hydrogens is 296 g/mol. The Balaban J connectivity index is 0.00000361. The van der Waals surface area contributed by atoms with E-state index < -0.39 is 10.8 Å². The number of hydrogen-bond acceptors (Lipinski definition) is 3. The van der Waals surface area contributed by atoms with Crippen molar-refractivity contribution >= 4 is 34.8 Å². The number of carbonyl (C=O) groups is 1. The number of halogens is 1. The van der Waals surface area contributed by atoms with Crippen molar-refractivity contribution < 1.29 is 9.00 Å². The lowest BCUT2D eigenvalue weighted by Gasteiger charge is -2.17. The van der Waals surface area contributed by atoms with E-state index in [0.717, 1.165) is 5.56 Å². The lowest BCUT2D eigenvalue weighted by atomic mass is 10.1. The molecule has 0 aliphatic heterocycles. The third-order valence-electron chi connectivity index (χ3n) is 2.76. The zero-order chi connectivity index (χ0) is 14.6. The van der Waals surface area contributed by atoms with Gasteiger partial charge in [0.25, 0.3) is 5.91 Å². The van der Waals surface area contributed by atoms with Crippen molar-refractivity contribution in [2.24, 2.45) is 0 Å². The SMILES string of the molecule is Cc1ccc(N)cc1C(=O)NCCS(=O)C(C)(C)C.Cl. The molecule has 0 saturated heterocycles. The van der Waals surface area contributed by atoms with Gasteiger partial charge in [-0.05, 0) is 45.4 Å². The molecule has 3 N–H and O–H groups in total. The highest BCUT2D eigenvalue weighted by Gasteiger charge is 2.19. The molecule has 4 nitrogen and oxygen atoms in total. The molecule has 1 rings (SSSR count). The summed E-state index contributed by atoms with van der Waals surface area (Å²) in [4.78, 5) is 12.0. The Hall–Kier alpha value is -1.07. The first-order valence-electron chi connectivity index (χ1n) is 6.24. The quantitative estimate of drug-likeness (QED) is 0.837. The fourth-order valence-corrected chi connectivity index (χ4v) is 2.44. The first kappa shape index (κ1) is 18.9. The normalized spacial score (nSPS) is 12.4. The van der Waals surface area contributed by atoms with Crippen molar-refractivity contribution in [1.82, 2.24) is 5.32 Å². The van der Waals surface area contributed by atoms with Crippen molar-refractivity contribution in [2.45, 2.75) is 32.4 Å². The molecule has 6 heteroatoms. The number of rotatable bonds is 4. The van der Waals surface area contributed by atoms with Crippen LogP contribution < -0.4 is 11.1 Å². The number of nitrogen functional groups attached to an aromatic ring is 1. The van der Waals surface area contributed by atoms with E-state index in [-0.39, 0.29) is 23.1 Å². The molecule has 0 aliphatic rings. The summed E-state index contributed by atoms with van der Waals surface area (Å²) in [7, 11) is -0.959. The molecule has 1 aromatic carbocycles. The van der Waals surface area contributed by atoms with Crippen LogP contribution in [0.15, 0.2) is 18.2 Å². The van der Waals surface area contributed by atoms with Crippen molar-refractivity contribution in [2.75, 3.05) is 18.0 Å². The number of hydrogen-bond donors (Lipinski definition) is 2. The van der Waals surface area contributed by atoms with Crippen molar-refractivity contribution in [3.8, 4) is 0 Å². The fraction of sp³-hybridized carbons (Fsp3) is 0.500. The summed E-state index contributed by atoms with van der Waals surface area (Å²) in [6.45, 7) is 8.03. The van der Waals surface area contributed by atoms with Crippen molar-refractivity contribution in [3.63, 3.8) is 0 Å². The van der Waals surface area contributed by atoms with Gasteiger partial charge >= 0.3 is 0 Å². The smallest absolute Gasteiger partial charge is 0.251 e. The monoisotopic (exact) mass is 318 g/mol. The minimum absolute atomic E-state index is 0. The van der Waals surface area contributed by atoms with Gasteiger partial charge in [0.1, 0.15) is 0 Å². The third-order valence-corrected chi connectivity index (χ3v) is 4.70. The summed E-state index contributed by atoms with van der Waals surface area (Å²) in [5.41, 5.74) is 7.68. The van der Waals surface area contributed by atoms with Crippen LogP contribution in [0.1, 0.15) is 36.7 Å². The van der Waals surface area contributed by atoms with Gasteiger partial charge in [-0.25, -0.2) is 0 Å². The van der Waals surface area contributed by atoms with Crippen LogP contribution >= 0.6 is 12.4 Å². The van der Waals surface area contributed by atoms with Gasteiger partial charge in [0.2, 0.25) is 0 Å². The van der Waals surface area contributed by atoms with Crippen LogP contribution in [0.25, 0.3) is 0 Å². The third kappa shape index (κ3) is 5.51. The molecule has 0 saturated carbocycles. The molecule has 0 aromatic heterocycles. The maximum absolute atomic E-state index is 12.0. The summed E-state index contributed by atoms with van der Waals surface area (Å²) in [6, 6.07) is 5.24. The summed E-state index contributed by atoms with van der Waals surface area (Å²) >= 11 is 0. The Kier molecular flexibility index (Phi) is 7.23. The number of aryl methyl sites for hydroxylation is 1. The molecule has 0 bridgehead atoms. The largest absolute Gasteiger partial charge is 0.399 e. The maximum Gasteiger partial charge on any atom is 0.251 e. The lowest BCUT2D eigenvalue weighted by molar-refractivity contribution is 0.0955. The zero-order valence-corrected chi connectivity index (χ0v) is 14.0. The Morgan fingerprint density at radius 1 is 1.35 bits per heavy atom. The molecule has 114 valence electrons. The van der Waals surface area contributed by atoms with E-state index in [1.807, 2.05) is 33.8 Å². The molecule has 20 heavy (non-hydrogen) atoms. The van der Waals surface area contributed by atoms with Gasteiger partial charge in [-0.1, -0.05) is 6.07 Å². The average molecular weight is 319 g/mol. The van der Waals surface area contributed by atoms with Gasteiger partial charge in [0.15, 0.2) is 0 Å². The Labute approximate surface area is 129 Å². The second kappa shape index (κ2) is 7.64. The van der Waals surface area contributed by atoms with Crippen LogP contribution in [0.3, 0.4) is 0 Å².